The van der Waals surface area contributed by atoms with Gasteiger partial charge in [0.2, 0.25) is 0 Å². The molecule has 3 heterocycles. The number of H-pyrrole nitrogens is 1. The largest absolute Gasteiger partial charge is 0.478 e. The number of nitrogens with zero attached hydrogens (tertiary/aromatic N) is 4. The van der Waals surface area contributed by atoms with Crippen molar-refractivity contribution in [3.05, 3.63) is 72.4 Å². The number of rotatable bonds is 6. The van der Waals surface area contributed by atoms with E-state index < -0.39 is 5.97 Å². The first-order chi connectivity index (χ1) is 15.6. The highest BCUT2D eigenvalue weighted by molar-refractivity contribution is 6.05. The lowest BCUT2D eigenvalue weighted by Gasteiger charge is -2.19. The number of pyridine rings is 1. The van der Waals surface area contributed by atoms with E-state index in [4.69, 9.17) is 5.10 Å². The quantitative estimate of drug-likeness (QED) is 0.378. The second kappa shape index (κ2) is 7.82. The highest BCUT2D eigenvalue weighted by Gasteiger charge is 2.21. The number of carboxylic acids is 1. The van der Waals surface area contributed by atoms with Crippen LogP contribution in [0.5, 0.6) is 0 Å². The number of aliphatic hydroxyl groups excluding tert-OH is 1. The topological polar surface area (TPSA) is 107 Å². The molecule has 160 valence electrons. The predicted octanol–water partition coefficient (Wildman–Crippen LogP) is 4.04. The number of carboxylic acid groups (broad SMARTS) is 1. The van der Waals surface area contributed by atoms with Crippen LogP contribution in [0, 0.1) is 0 Å². The summed E-state index contributed by atoms with van der Waals surface area (Å²) in [5.74, 6) is -1.02. The lowest BCUT2D eigenvalue weighted by atomic mass is 10.1. The average molecular weight is 427 g/mol. The first kappa shape index (κ1) is 19.8. The summed E-state index contributed by atoms with van der Waals surface area (Å²) in [5.41, 5.74) is 5.37. The smallest absolute Gasteiger partial charge is 0.337 e. The maximum absolute atomic E-state index is 11.6. The SMILES string of the molecule is CN(c1ccccc1)c1cccc2c(-c3cc4nccc(C(=O)O)c4[nH]3)n(CCO)nc12. The fraction of sp³-hybridized carbons (Fsp3) is 0.125. The van der Waals surface area contributed by atoms with Gasteiger partial charge in [0.05, 0.1) is 46.8 Å². The zero-order valence-electron chi connectivity index (χ0n) is 17.4. The third kappa shape index (κ3) is 3.17. The Balaban J connectivity index is 1.73. The van der Waals surface area contributed by atoms with Crippen LogP contribution in [-0.2, 0) is 6.54 Å². The Bertz CT molecular complexity index is 1440. The normalized spacial score (nSPS) is 11.3. The molecule has 3 N–H and O–H groups in total. The lowest BCUT2D eigenvalue weighted by Crippen LogP contribution is -2.10. The van der Waals surface area contributed by atoms with Crippen molar-refractivity contribution in [3.8, 4) is 11.4 Å². The average Bonchev–Trinajstić information content (AvgIpc) is 3.39. The molecule has 0 radical (unpaired) electrons. The summed E-state index contributed by atoms with van der Waals surface area (Å²) in [4.78, 5) is 21.2. The fourth-order valence-corrected chi connectivity index (χ4v) is 4.07. The molecule has 0 aliphatic rings. The number of aliphatic hydroxyl groups is 1. The zero-order chi connectivity index (χ0) is 22.2. The van der Waals surface area contributed by atoms with Crippen molar-refractivity contribution in [1.29, 1.82) is 0 Å². The van der Waals surface area contributed by atoms with E-state index in [-0.39, 0.29) is 12.2 Å². The molecule has 0 aliphatic carbocycles. The summed E-state index contributed by atoms with van der Waals surface area (Å²) in [6, 6.07) is 19.2. The van der Waals surface area contributed by atoms with Crippen LogP contribution in [0.2, 0.25) is 0 Å². The van der Waals surface area contributed by atoms with Crippen LogP contribution in [0.15, 0.2) is 66.9 Å². The van der Waals surface area contributed by atoms with Crippen LogP contribution < -0.4 is 4.90 Å². The molecular formula is C24H21N5O3. The third-order valence-electron chi connectivity index (χ3n) is 5.57. The number of benzene rings is 2. The molecule has 8 heteroatoms. The number of aromatic amines is 1. The number of aromatic carboxylic acids is 1. The van der Waals surface area contributed by atoms with Gasteiger partial charge in [-0.2, -0.15) is 5.10 Å². The second-order valence-corrected chi connectivity index (χ2v) is 7.47. The Morgan fingerprint density at radius 3 is 2.69 bits per heavy atom. The minimum atomic E-state index is -1.02. The predicted molar refractivity (Wildman–Crippen MR) is 123 cm³/mol. The van der Waals surface area contributed by atoms with Crippen LogP contribution in [-0.4, -0.2) is 49.6 Å². The monoisotopic (exact) mass is 427 g/mol. The number of anilines is 2. The number of fused-ring (bicyclic) bond motifs is 2. The van der Waals surface area contributed by atoms with E-state index >= 15 is 0 Å². The van der Waals surface area contributed by atoms with Crippen molar-refractivity contribution >= 4 is 39.3 Å². The van der Waals surface area contributed by atoms with Crippen LogP contribution in [0.3, 0.4) is 0 Å². The van der Waals surface area contributed by atoms with Gasteiger partial charge in [-0.1, -0.05) is 30.3 Å². The van der Waals surface area contributed by atoms with Gasteiger partial charge in [0.1, 0.15) is 5.52 Å². The lowest BCUT2D eigenvalue weighted by molar-refractivity contribution is 0.0698. The maximum atomic E-state index is 11.6. The molecule has 0 spiro atoms. The summed E-state index contributed by atoms with van der Waals surface area (Å²) in [6.07, 6.45) is 1.49. The van der Waals surface area contributed by atoms with Gasteiger partial charge in [0, 0.05) is 24.3 Å². The van der Waals surface area contributed by atoms with Gasteiger partial charge in [-0.05, 0) is 30.3 Å². The molecular weight excluding hydrogens is 406 g/mol. The molecule has 0 unspecified atom stereocenters. The molecule has 0 saturated carbocycles. The van der Waals surface area contributed by atoms with Gasteiger partial charge < -0.3 is 20.1 Å². The number of hydrogen-bond acceptors (Lipinski definition) is 5. The first-order valence-corrected chi connectivity index (χ1v) is 10.2. The van der Waals surface area contributed by atoms with Crippen LogP contribution in [0.1, 0.15) is 10.4 Å². The molecule has 8 nitrogen and oxygen atoms in total. The van der Waals surface area contributed by atoms with E-state index in [9.17, 15) is 15.0 Å². The highest BCUT2D eigenvalue weighted by atomic mass is 16.4. The summed E-state index contributed by atoms with van der Waals surface area (Å²) >= 11 is 0. The van der Waals surface area contributed by atoms with Crippen LogP contribution in [0.25, 0.3) is 33.3 Å². The maximum Gasteiger partial charge on any atom is 0.337 e. The van der Waals surface area contributed by atoms with E-state index in [1.54, 1.807) is 4.68 Å². The Labute approximate surface area is 183 Å². The van der Waals surface area contributed by atoms with Gasteiger partial charge in [-0.15, -0.1) is 0 Å². The molecule has 0 bridgehead atoms. The van der Waals surface area contributed by atoms with Gasteiger partial charge in [0.15, 0.2) is 0 Å². The Hall–Kier alpha value is -4.17. The van der Waals surface area contributed by atoms with Crippen molar-refractivity contribution < 1.29 is 15.0 Å². The first-order valence-electron chi connectivity index (χ1n) is 10.2. The molecule has 0 amide bonds. The Morgan fingerprint density at radius 2 is 1.94 bits per heavy atom. The van der Waals surface area contributed by atoms with Gasteiger partial charge in [-0.3, -0.25) is 9.67 Å². The standard InChI is InChI=1S/C24H21N5O3/c1-28(15-6-3-2-4-7-15)20-9-5-8-16-22(20)27-29(12-13-30)23(16)19-14-18-21(26-19)17(24(31)32)10-11-25-18/h2-11,14,26,30H,12-13H2,1H3,(H,31,32). The van der Waals surface area contributed by atoms with E-state index in [0.29, 0.717) is 23.3 Å². The Morgan fingerprint density at radius 1 is 1.12 bits per heavy atom. The van der Waals surface area contributed by atoms with Crippen molar-refractivity contribution in [2.45, 2.75) is 6.54 Å². The molecule has 0 saturated heterocycles. The number of hydrogen-bond donors (Lipinski definition) is 3. The molecule has 0 atom stereocenters. The molecule has 3 aromatic heterocycles. The summed E-state index contributed by atoms with van der Waals surface area (Å²) < 4.78 is 1.75. The van der Waals surface area contributed by atoms with Crippen LogP contribution >= 0.6 is 0 Å². The minimum Gasteiger partial charge on any atom is -0.478 e. The molecule has 5 aromatic rings. The van der Waals surface area contributed by atoms with Gasteiger partial charge in [-0.25, -0.2) is 4.79 Å². The van der Waals surface area contributed by atoms with E-state index in [1.807, 2.05) is 61.6 Å². The fourth-order valence-electron chi connectivity index (χ4n) is 4.07. The molecule has 5 rings (SSSR count). The van der Waals surface area contributed by atoms with Gasteiger partial charge in [0.25, 0.3) is 0 Å². The minimum absolute atomic E-state index is 0.0797. The van der Waals surface area contributed by atoms with Gasteiger partial charge >= 0.3 is 5.97 Å². The molecule has 0 fully saturated rings. The van der Waals surface area contributed by atoms with Crippen molar-refractivity contribution in [3.63, 3.8) is 0 Å². The Kier molecular flexibility index (Phi) is 4.84. The third-order valence-corrected chi connectivity index (χ3v) is 5.57. The van der Waals surface area contributed by atoms with Crippen LogP contribution in [0.4, 0.5) is 11.4 Å². The second-order valence-electron chi connectivity index (χ2n) is 7.47. The zero-order valence-corrected chi connectivity index (χ0v) is 17.4. The number of carbonyl (C=O) groups is 1. The number of para-hydroxylation sites is 1. The van der Waals surface area contributed by atoms with E-state index in [2.05, 4.69) is 14.9 Å². The van der Waals surface area contributed by atoms with Crippen molar-refractivity contribution in [2.75, 3.05) is 18.6 Å². The van der Waals surface area contributed by atoms with Crippen molar-refractivity contribution in [1.82, 2.24) is 19.7 Å². The molecule has 32 heavy (non-hydrogen) atoms. The van der Waals surface area contributed by atoms with E-state index in [0.717, 1.165) is 28.0 Å². The number of aromatic nitrogens is 4. The summed E-state index contributed by atoms with van der Waals surface area (Å²) in [6.45, 7) is 0.219. The highest BCUT2D eigenvalue weighted by Crippen LogP contribution is 2.36. The molecule has 2 aromatic carbocycles. The van der Waals surface area contributed by atoms with E-state index in [1.165, 1.54) is 12.3 Å². The summed E-state index contributed by atoms with van der Waals surface area (Å²) in [7, 11) is 1.99. The number of nitrogens with one attached hydrogen (secondary N) is 1. The molecule has 0 aliphatic heterocycles. The summed E-state index contributed by atoms with van der Waals surface area (Å²) in [5, 5.41) is 24.9. The van der Waals surface area contributed by atoms with Crippen molar-refractivity contribution in [2.24, 2.45) is 0 Å².